The number of nitrogens with zero attached hydrogens (tertiary/aromatic N) is 1. The third kappa shape index (κ3) is 5.33. The normalized spacial score (nSPS) is 11.3. The number of aryl methyl sites for hydroxylation is 1. The van der Waals surface area contributed by atoms with Gasteiger partial charge >= 0.3 is 0 Å². The van der Waals surface area contributed by atoms with Crippen LogP contribution in [0.1, 0.15) is 29.8 Å². The monoisotopic (exact) mass is 419 g/mol. The zero-order chi connectivity index (χ0) is 21.6. The number of sulfonamides is 1. The molecule has 0 bridgehead atoms. The van der Waals surface area contributed by atoms with Gasteiger partial charge in [0.25, 0.3) is 11.8 Å². The molecule has 2 rings (SSSR count). The van der Waals surface area contributed by atoms with Crippen molar-refractivity contribution in [3.8, 4) is 5.75 Å². The summed E-state index contributed by atoms with van der Waals surface area (Å²) in [5.41, 5.74) is 6.36. The first-order valence-electron chi connectivity index (χ1n) is 9.13. The van der Waals surface area contributed by atoms with Gasteiger partial charge in [-0.15, -0.1) is 0 Å². The Morgan fingerprint density at radius 3 is 2.38 bits per heavy atom. The molecular weight excluding hydrogens is 394 g/mol. The Balaban J connectivity index is 2.34. The molecule has 156 valence electrons. The van der Waals surface area contributed by atoms with Crippen LogP contribution in [0.15, 0.2) is 47.4 Å². The molecular formula is C20H25N3O5S. The van der Waals surface area contributed by atoms with Gasteiger partial charge in [-0.3, -0.25) is 9.59 Å². The molecule has 0 fully saturated rings. The molecule has 2 amide bonds. The van der Waals surface area contributed by atoms with Gasteiger partial charge in [0, 0.05) is 18.8 Å². The minimum absolute atomic E-state index is 0.0976. The van der Waals surface area contributed by atoms with E-state index < -0.39 is 21.8 Å². The number of benzene rings is 2. The van der Waals surface area contributed by atoms with Gasteiger partial charge in [-0.1, -0.05) is 32.0 Å². The van der Waals surface area contributed by atoms with Crippen LogP contribution in [-0.2, 0) is 14.8 Å². The maximum absolute atomic E-state index is 12.8. The number of hydrogen-bond acceptors (Lipinski definition) is 5. The lowest BCUT2D eigenvalue weighted by atomic mass is 10.1. The molecule has 0 aromatic heterocycles. The van der Waals surface area contributed by atoms with E-state index in [0.717, 1.165) is 0 Å². The number of nitrogens with one attached hydrogen (secondary N) is 1. The van der Waals surface area contributed by atoms with Crippen LogP contribution in [0.2, 0.25) is 0 Å². The van der Waals surface area contributed by atoms with Gasteiger partial charge in [0.2, 0.25) is 10.0 Å². The van der Waals surface area contributed by atoms with E-state index in [1.165, 1.54) is 22.5 Å². The summed E-state index contributed by atoms with van der Waals surface area (Å²) >= 11 is 0. The van der Waals surface area contributed by atoms with E-state index in [1.807, 2.05) is 0 Å². The minimum atomic E-state index is -3.66. The van der Waals surface area contributed by atoms with Crippen LogP contribution in [-0.4, -0.2) is 44.2 Å². The van der Waals surface area contributed by atoms with Crippen molar-refractivity contribution >= 4 is 27.5 Å². The van der Waals surface area contributed by atoms with Gasteiger partial charge in [-0.05, 0) is 36.8 Å². The number of carbonyl (C=O) groups is 2. The van der Waals surface area contributed by atoms with E-state index in [9.17, 15) is 18.0 Å². The maximum Gasteiger partial charge on any atom is 0.259 e. The zero-order valence-corrected chi connectivity index (χ0v) is 17.5. The first-order chi connectivity index (χ1) is 13.7. The van der Waals surface area contributed by atoms with Crippen molar-refractivity contribution in [1.29, 1.82) is 0 Å². The molecule has 0 spiro atoms. The Labute approximate surface area is 170 Å². The second-order valence-electron chi connectivity index (χ2n) is 6.27. The van der Waals surface area contributed by atoms with Gasteiger partial charge in [0.05, 0.1) is 10.5 Å². The van der Waals surface area contributed by atoms with Crippen molar-refractivity contribution in [2.75, 3.05) is 25.0 Å². The molecule has 0 saturated heterocycles. The van der Waals surface area contributed by atoms with Crippen molar-refractivity contribution in [3.05, 3.63) is 53.6 Å². The summed E-state index contributed by atoms with van der Waals surface area (Å²) in [7, 11) is -3.66. The van der Waals surface area contributed by atoms with E-state index in [0.29, 0.717) is 24.3 Å². The number of para-hydroxylation sites is 1. The largest absolute Gasteiger partial charge is 0.483 e. The molecule has 2 aromatic rings. The van der Waals surface area contributed by atoms with Crippen LogP contribution in [0, 0.1) is 6.92 Å². The average molecular weight is 420 g/mol. The predicted octanol–water partition coefficient (Wildman–Crippen LogP) is 2.14. The van der Waals surface area contributed by atoms with Gasteiger partial charge in [0.1, 0.15) is 5.75 Å². The Morgan fingerprint density at radius 1 is 1.10 bits per heavy atom. The average Bonchev–Trinajstić information content (AvgIpc) is 2.68. The summed E-state index contributed by atoms with van der Waals surface area (Å²) in [5.74, 6) is -0.954. The van der Waals surface area contributed by atoms with Crippen molar-refractivity contribution in [3.63, 3.8) is 0 Å². The highest BCUT2D eigenvalue weighted by Gasteiger charge is 2.23. The quantitative estimate of drug-likeness (QED) is 0.645. The number of carbonyl (C=O) groups excluding carboxylic acids is 2. The number of nitrogens with two attached hydrogens (primary N) is 1. The summed E-state index contributed by atoms with van der Waals surface area (Å²) in [6, 6.07) is 11.0. The molecule has 0 heterocycles. The van der Waals surface area contributed by atoms with Crippen LogP contribution in [0.3, 0.4) is 0 Å². The summed E-state index contributed by atoms with van der Waals surface area (Å²) in [4.78, 5) is 23.8. The Bertz CT molecular complexity index is 1000. The Kier molecular flexibility index (Phi) is 7.35. The number of primary amides is 1. The number of amides is 2. The number of ether oxygens (including phenoxy) is 1. The van der Waals surface area contributed by atoms with Crippen molar-refractivity contribution in [1.82, 2.24) is 4.31 Å². The molecule has 0 aliphatic heterocycles. The van der Waals surface area contributed by atoms with Crippen LogP contribution in [0.4, 0.5) is 5.69 Å². The topological polar surface area (TPSA) is 119 Å². The Morgan fingerprint density at radius 2 is 1.76 bits per heavy atom. The standard InChI is InChI=1S/C20H25N3O5S/c1-4-23(5-2)29(26,27)15-11-10-14(3)17(12-15)22-20(25)16-8-6-7-9-18(16)28-13-19(21)24/h6-12H,4-5,13H2,1-3H3,(H2,21,24)(H,22,25). The first-order valence-corrected chi connectivity index (χ1v) is 10.6. The molecule has 0 saturated carbocycles. The van der Waals surface area contributed by atoms with Gasteiger partial charge < -0.3 is 15.8 Å². The number of rotatable bonds is 9. The second-order valence-corrected chi connectivity index (χ2v) is 8.21. The van der Waals surface area contributed by atoms with Crippen LogP contribution in [0.5, 0.6) is 5.75 Å². The maximum atomic E-state index is 12.8. The molecule has 9 heteroatoms. The third-order valence-corrected chi connectivity index (χ3v) is 6.35. The summed E-state index contributed by atoms with van der Waals surface area (Å²) in [6.45, 7) is 5.62. The third-order valence-electron chi connectivity index (χ3n) is 4.30. The van der Waals surface area contributed by atoms with Crippen molar-refractivity contribution < 1.29 is 22.7 Å². The van der Waals surface area contributed by atoms with Crippen LogP contribution < -0.4 is 15.8 Å². The fraction of sp³-hybridized carbons (Fsp3) is 0.300. The lowest BCUT2D eigenvalue weighted by Gasteiger charge is -2.19. The Hall–Kier alpha value is -2.91. The van der Waals surface area contributed by atoms with E-state index in [-0.39, 0.29) is 22.8 Å². The van der Waals surface area contributed by atoms with Gasteiger partial charge in [-0.25, -0.2) is 8.42 Å². The molecule has 0 atom stereocenters. The van der Waals surface area contributed by atoms with Gasteiger partial charge in [-0.2, -0.15) is 4.31 Å². The lowest BCUT2D eigenvalue weighted by molar-refractivity contribution is -0.119. The van der Waals surface area contributed by atoms with E-state index >= 15 is 0 Å². The first kappa shape index (κ1) is 22.4. The molecule has 0 aliphatic rings. The highest BCUT2D eigenvalue weighted by atomic mass is 32.2. The second kappa shape index (κ2) is 9.53. The van der Waals surface area contributed by atoms with Crippen molar-refractivity contribution in [2.45, 2.75) is 25.7 Å². The molecule has 0 aliphatic carbocycles. The highest BCUT2D eigenvalue weighted by Crippen LogP contribution is 2.25. The number of hydrogen-bond donors (Lipinski definition) is 2. The summed E-state index contributed by atoms with van der Waals surface area (Å²) in [6.07, 6.45) is 0. The number of anilines is 1. The van der Waals surface area contributed by atoms with E-state index in [4.69, 9.17) is 10.5 Å². The molecule has 3 N–H and O–H groups in total. The summed E-state index contributed by atoms with van der Waals surface area (Å²) in [5, 5.41) is 2.72. The van der Waals surface area contributed by atoms with E-state index in [1.54, 1.807) is 45.0 Å². The molecule has 0 radical (unpaired) electrons. The highest BCUT2D eigenvalue weighted by molar-refractivity contribution is 7.89. The zero-order valence-electron chi connectivity index (χ0n) is 16.6. The lowest BCUT2D eigenvalue weighted by Crippen LogP contribution is -2.30. The fourth-order valence-electron chi connectivity index (χ4n) is 2.73. The molecule has 29 heavy (non-hydrogen) atoms. The SMILES string of the molecule is CCN(CC)S(=O)(=O)c1ccc(C)c(NC(=O)c2ccccc2OCC(N)=O)c1. The minimum Gasteiger partial charge on any atom is -0.483 e. The predicted molar refractivity (Wildman–Crippen MR) is 110 cm³/mol. The fourth-order valence-corrected chi connectivity index (χ4v) is 4.21. The summed E-state index contributed by atoms with van der Waals surface area (Å²) < 4.78 is 32.2. The molecule has 2 aromatic carbocycles. The van der Waals surface area contributed by atoms with Gasteiger partial charge in [0.15, 0.2) is 6.61 Å². The van der Waals surface area contributed by atoms with E-state index in [2.05, 4.69) is 5.32 Å². The van der Waals surface area contributed by atoms with Crippen LogP contribution >= 0.6 is 0 Å². The van der Waals surface area contributed by atoms with Crippen LogP contribution in [0.25, 0.3) is 0 Å². The van der Waals surface area contributed by atoms with Crippen molar-refractivity contribution in [2.24, 2.45) is 5.73 Å². The molecule has 8 nitrogen and oxygen atoms in total. The molecule has 0 unspecified atom stereocenters. The smallest absolute Gasteiger partial charge is 0.259 e.